The van der Waals surface area contributed by atoms with Crippen molar-refractivity contribution in [1.82, 2.24) is 9.97 Å². The zero-order valence-corrected chi connectivity index (χ0v) is 22.8. The summed E-state index contributed by atoms with van der Waals surface area (Å²) in [5, 5.41) is 0. The van der Waals surface area contributed by atoms with Gasteiger partial charge in [0.1, 0.15) is 0 Å². The number of nitrogens with zero attached hydrogens (tertiary/aromatic N) is 6. The first-order valence-electron chi connectivity index (χ1n) is 11.5. The van der Waals surface area contributed by atoms with Crippen LogP contribution in [0.1, 0.15) is 22.8 Å². The van der Waals surface area contributed by atoms with Gasteiger partial charge in [-0.05, 0) is 0 Å². The third kappa shape index (κ3) is 3.65. The molecule has 5 heterocycles. The molecular weight excluding hydrogens is 542 g/mol. The molecule has 2 aromatic heterocycles. The van der Waals surface area contributed by atoms with Crippen molar-refractivity contribution >= 4 is 54.5 Å². The van der Waals surface area contributed by atoms with E-state index in [-0.39, 0.29) is 0 Å². The van der Waals surface area contributed by atoms with Crippen molar-refractivity contribution in [3.05, 3.63) is 108 Å². The molecule has 7 rings (SSSR count). The second-order valence-corrected chi connectivity index (χ2v) is 14.1. The molecule has 0 unspecified atom stereocenters. The van der Waals surface area contributed by atoms with E-state index in [2.05, 4.69) is 100 Å². The van der Waals surface area contributed by atoms with Crippen LogP contribution in [0.25, 0.3) is 0 Å². The van der Waals surface area contributed by atoms with Gasteiger partial charge in [-0.2, -0.15) is 0 Å². The fourth-order valence-electron chi connectivity index (χ4n) is 4.89. The van der Waals surface area contributed by atoms with Gasteiger partial charge >= 0.3 is 214 Å². The normalized spacial score (nSPS) is 16.5. The summed E-state index contributed by atoms with van der Waals surface area (Å²) in [6.45, 7) is 3.42. The Labute approximate surface area is 213 Å². The van der Waals surface area contributed by atoms with Gasteiger partial charge in [0.05, 0.1) is 0 Å². The third-order valence-corrected chi connectivity index (χ3v) is 11.8. The number of aromatic nitrogens is 2. The first-order valence-corrected chi connectivity index (χ1v) is 15.3. The Morgan fingerprint density at radius 3 is 1.00 bits per heavy atom. The van der Waals surface area contributed by atoms with E-state index < -0.39 is 31.8 Å². The second-order valence-electron chi connectivity index (χ2n) is 8.76. The van der Waals surface area contributed by atoms with Crippen molar-refractivity contribution in [3.63, 3.8) is 0 Å². The van der Waals surface area contributed by atoms with E-state index in [4.69, 9.17) is 9.97 Å². The molecule has 0 N–H and O–H groups in total. The molecule has 164 valence electrons. The molecule has 0 saturated heterocycles. The Morgan fingerprint density at radius 1 is 0.412 bits per heavy atom. The van der Waals surface area contributed by atoms with Gasteiger partial charge < -0.3 is 0 Å². The molecule has 6 nitrogen and oxygen atoms in total. The van der Waals surface area contributed by atoms with Crippen molar-refractivity contribution < 1.29 is 0 Å². The van der Waals surface area contributed by atoms with E-state index in [1.165, 1.54) is 22.7 Å². The van der Waals surface area contributed by atoms with Gasteiger partial charge in [0.15, 0.2) is 0 Å². The van der Waals surface area contributed by atoms with Crippen molar-refractivity contribution in [2.75, 3.05) is 15.4 Å². The third-order valence-electron chi connectivity index (χ3n) is 6.42. The zero-order chi connectivity index (χ0) is 22.5. The average Bonchev–Trinajstić information content (AvgIpc) is 3.37. The van der Waals surface area contributed by atoms with E-state index in [1.807, 2.05) is 0 Å². The predicted octanol–water partition coefficient (Wildman–Crippen LogP) is 3.91. The number of pyridine rings is 2. The van der Waals surface area contributed by atoms with Crippen LogP contribution in [0.4, 0.5) is 22.7 Å². The molecule has 8 heteroatoms. The van der Waals surface area contributed by atoms with Gasteiger partial charge in [0, 0.05) is 0 Å². The fraction of sp³-hybridized carbons (Fsp3) is 0.154. The van der Waals surface area contributed by atoms with Crippen LogP contribution < -0.4 is 15.4 Å². The summed E-state index contributed by atoms with van der Waals surface area (Å²) < 4.78 is 10.2. The number of rotatable bonds is 0. The van der Waals surface area contributed by atoms with Gasteiger partial charge in [-0.3, -0.25) is 0 Å². The van der Waals surface area contributed by atoms with Crippen LogP contribution in [0.3, 0.4) is 0 Å². The van der Waals surface area contributed by atoms with Crippen molar-refractivity contribution in [3.8, 4) is 0 Å². The first-order chi connectivity index (χ1) is 16.8. The van der Waals surface area contributed by atoms with Crippen LogP contribution in [0, 0.1) is 0 Å². The van der Waals surface area contributed by atoms with Crippen molar-refractivity contribution in [2.45, 2.75) is 26.2 Å². The van der Waals surface area contributed by atoms with Crippen LogP contribution in [-0.2, 0) is 26.2 Å². The maximum absolute atomic E-state index is 5.11. The van der Waals surface area contributed by atoms with Gasteiger partial charge in [-0.15, -0.1) is 0 Å². The standard InChI is InChI=1S/C26H22Ge2N6/c1-2-12-24-23(11-1)31-15-19-7-5-9-21(29-19)17-33-25-13-3-4-14-26(25)34(28-33)18-22-10-6-8-20(30-22)16-32(24)27-31/h1-14H,15-18H2. The quantitative estimate of drug-likeness (QED) is 0.302. The molecule has 34 heavy (non-hydrogen) atoms. The van der Waals surface area contributed by atoms with Gasteiger partial charge in [-0.25, -0.2) is 0 Å². The van der Waals surface area contributed by atoms with Crippen LogP contribution >= 0.6 is 0 Å². The van der Waals surface area contributed by atoms with E-state index in [0.29, 0.717) is 0 Å². The Bertz CT molecular complexity index is 1180. The monoisotopic (exact) mass is 566 g/mol. The van der Waals surface area contributed by atoms with E-state index in [9.17, 15) is 0 Å². The molecule has 4 aromatic rings. The number of hydrogen-bond donors (Lipinski definition) is 0. The van der Waals surface area contributed by atoms with Crippen LogP contribution in [0.2, 0.25) is 0 Å². The van der Waals surface area contributed by atoms with Gasteiger partial charge in [0.25, 0.3) is 0 Å². The van der Waals surface area contributed by atoms with Gasteiger partial charge in [0.2, 0.25) is 0 Å². The SMILES string of the molecule is c1cc2nc(c1)C[N]1[Ge][N](Cc3cccc(n3)C[N]3[Ge][N](C2)c2ccccc23)c2ccccc21. The number of para-hydroxylation sites is 4. The molecule has 3 aliphatic heterocycles. The molecule has 4 radical (unpaired) electrons. The molecule has 0 amide bonds. The fourth-order valence-corrected chi connectivity index (χ4v) is 10.6. The summed E-state index contributed by atoms with van der Waals surface area (Å²) >= 11 is -1.05. The summed E-state index contributed by atoms with van der Waals surface area (Å²) in [6.07, 6.45) is 0. The molecule has 3 aliphatic rings. The molecule has 0 aliphatic carbocycles. The molecule has 0 atom stereocenters. The van der Waals surface area contributed by atoms with Crippen molar-refractivity contribution in [2.24, 2.45) is 0 Å². The Balaban J connectivity index is 1.32. The average molecular weight is 564 g/mol. The maximum atomic E-state index is 5.11. The number of anilines is 4. The zero-order valence-electron chi connectivity index (χ0n) is 18.6. The summed E-state index contributed by atoms with van der Waals surface area (Å²) in [6, 6.07) is 30.6. The predicted molar refractivity (Wildman–Crippen MR) is 138 cm³/mol. The summed E-state index contributed by atoms with van der Waals surface area (Å²) in [5.41, 5.74) is 9.89. The molecule has 0 saturated carbocycles. The van der Waals surface area contributed by atoms with Crippen LogP contribution in [-0.4, -0.2) is 41.7 Å². The molecule has 8 bridgehead atoms. The van der Waals surface area contributed by atoms with Crippen molar-refractivity contribution in [1.29, 1.82) is 0 Å². The molecular formula is C26H22Ge2N6. The minimum absolute atomic E-state index is 0.526. The molecule has 0 fully saturated rings. The molecule has 0 spiro atoms. The second kappa shape index (κ2) is 8.35. The van der Waals surface area contributed by atoms with Gasteiger partial charge in [-0.1, -0.05) is 0 Å². The molecule has 2 aromatic carbocycles. The Morgan fingerprint density at radius 2 is 0.706 bits per heavy atom. The Hall–Kier alpha value is -2.97. The Kier molecular flexibility index (Phi) is 5.01. The van der Waals surface area contributed by atoms with Crippen LogP contribution in [0.15, 0.2) is 84.9 Å². The number of hydrogen-bond acceptors (Lipinski definition) is 6. The summed E-state index contributed by atoms with van der Waals surface area (Å²) in [7, 11) is 0. The van der Waals surface area contributed by atoms with E-state index >= 15 is 0 Å². The summed E-state index contributed by atoms with van der Waals surface area (Å²) in [4.78, 5) is 10.2. The van der Waals surface area contributed by atoms with E-state index in [0.717, 1.165) is 49.0 Å². The van der Waals surface area contributed by atoms with Crippen LogP contribution in [0.5, 0.6) is 0 Å². The minimum atomic E-state index is -0.526. The number of benzene rings is 2. The topological polar surface area (TPSA) is 38.7 Å². The van der Waals surface area contributed by atoms with E-state index in [1.54, 1.807) is 0 Å². The first kappa shape index (κ1) is 20.4. The number of fused-ring (bicyclic) bond motifs is 14. The summed E-state index contributed by atoms with van der Waals surface area (Å²) in [5.74, 6) is 0.